The molecule has 0 spiro atoms. The van der Waals surface area contributed by atoms with Gasteiger partial charge in [-0.2, -0.15) is 10.2 Å². The minimum Gasteiger partial charge on any atom is -0.374 e. The van der Waals surface area contributed by atoms with E-state index in [1.807, 2.05) is 12.1 Å². The number of aromatic nitrogens is 3. The molecule has 0 unspecified atom stereocenters. The number of halogens is 1. The Morgan fingerprint density at radius 2 is 2.03 bits per heavy atom. The second-order valence-corrected chi connectivity index (χ2v) is 8.17. The minimum atomic E-state index is -0.0210. The highest BCUT2D eigenvalue weighted by atomic mass is 35.5. The van der Waals surface area contributed by atoms with Crippen LogP contribution in [0.4, 0.5) is 11.9 Å². The third-order valence-corrected chi connectivity index (χ3v) is 6.07. The van der Waals surface area contributed by atoms with Crippen molar-refractivity contribution in [2.45, 2.75) is 43.9 Å². The molecule has 1 aromatic heterocycles. The molecular formula is C20H26ClN7O. The summed E-state index contributed by atoms with van der Waals surface area (Å²) in [6.45, 7) is 3.21. The average Bonchev–Trinajstić information content (AvgIpc) is 3.17. The highest BCUT2D eigenvalue weighted by molar-refractivity contribution is 6.30. The van der Waals surface area contributed by atoms with Gasteiger partial charge < -0.3 is 15.4 Å². The average molecular weight is 416 g/mol. The van der Waals surface area contributed by atoms with Crippen LogP contribution in [0.5, 0.6) is 0 Å². The molecule has 2 aliphatic rings. The molecule has 2 saturated heterocycles. The number of nitrogens with zero attached hydrogens (tertiary/aromatic N) is 5. The van der Waals surface area contributed by atoms with E-state index < -0.39 is 0 Å². The highest BCUT2D eigenvalue weighted by Crippen LogP contribution is 2.27. The van der Waals surface area contributed by atoms with Crippen LogP contribution >= 0.6 is 11.6 Å². The van der Waals surface area contributed by atoms with Gasteiger partial charge in [0.2, 0.25) is 11.9 Å². The van der Waals surface area contributed by atoms with Gasteiger partial charge in [0.15, 0.2) is 0 Å². The Balaban J connectivity index is 1.43. The van der Waals surface area contributed by atoms with Gasteiger partial charge in [-0.3, -0.25) is 4.90 Å². The third-order valence-electron chi connectivity index (χ3n) is 5.82. The highest BCUT2D eigenvalue weighted by Gasteiger charge is 2.35. The maximum absolute atomic E-state index is 9.11. The van der Waals surface area contributed by atoms with Crippen LogP contribution in [-0.4, -0.2) is 64.5 Å². The molecule has 0 saturated carbocycles. The van der Waals surface area contributed by atoms with Crippen LogP contribution in [0.15, 0.2) is 24.3 Å². The first-order valence-electron chi connectivity index (χ1n) is 10.0. The molecule has 2 atom stereocenters. The second kappa shape index (κ2) is 8.99. The fourth-order valence-electron chi connectivity index (χ4n) is 4.32. The van der Waals surface area contributed by atoms with Crippen LogP contribution in [0.2, 0.25) is 5.02 Å². The lowest BCUT2D eigenvalue weighted by atomic mass is 9.96. The minimum absolute atomic E-state index is 0.0210. The van der Waals surface area contributed by atoms with E-state index in [2.05, 4.69) is 43.2 Å². The Morgan fingerprint density at radius 3 is 2.69 bits per heavy atom. The fourth-order valence-corrected chi connectivity index (χ4v) is 4.45. The number of anilines is 2. The van der Waals surface area contributed by atoms with Gasteiger partial charge in [-0.1, -0.05) is 23.7 Å². The van der Waals surface area contributed by atoms with Gasteiger partial charge in [-0.05, 0) is 37.0 Å². The Morgan fingerprint density at radius 1 is 1.28 bits per heavy atom. The number of morpholine rings is 1. The molecule has 9 heteroatoms. The maximum Gasteiger partial charge on any atom is 0.246 e. The number of rotatable bonds is 5. The lowest BCUT2D eigenvalue weighted by Crippen LogP contribution is -2.57. The van der Waals surface area contributed by atoms with Gasteiger partial charge in [0.1, 0.15) is 0 Å². The molecule has 8 nitrogen and oxygen atoms in total. The van der Waals surface area contributed by atoms with Crippen molar-refractivity contribution >= 4 is 23.5 Å². The molecule has 1 aromatic carbocycles. The van der Waals surface area contributed by atoms with Gasteiger partial charge in [0, 0.05) is 36.7 Å². The molecule has 0 aliphatic carbocycles. The molecule has 154 valence electrons. The van der Waals surface area contributed by atoms with Crippen molar-refractivity contribution in [2.24, 2.45) is 0 Å². The third kappa shape index (κ3) is 4.81. The Hall–Kier alpha value is -2.34. The molecule has 4 rings (SSSR count). The smallest absolute Gasteiger partial charge is 0.246 e. The first kappa shape index (κ1) is 20.0. The molecule has 3 heterocycles. The lowest BCUT2D eigenvalue weighted by molar-refractivity contribution is -0.0798. The van der Waals surface area contributed by atoms with Gasteiger partial charge in [0.25, 0.3) is 0 Å². The summed E-state index contributed by atoms with van der Waals surface area (Å²) in [6, 6.07) is 11.0. The molecule has 0 radical (unpaired) electrons. The van der Waals surface area contributed by atoms with Crippen LogP contribution in [0, 0.1) is 11.3 Å². The SMILES string of the molecule is N#CC[C@H]1CN(C2CCN(c3n[nH]c(N)n3)CC2)[C@@H](Cc2ccc(Cl)cc2)CO1. The first-order chi connectivity index (χ1) is 14.1. The normalized spacial score (nSPS) is 23.8. The number of nitrogen functional groups attached to an aromatic ring is 1. The number of piperidine rings is 1. The van der Waals surface area contributed by atoms with Crippen molar-refractivity contribution in [2.75, 3.05) is 36.9 Å². The summed E-state index contributed by atoms with van der Waals surface area (Å²) in [5.74, 6) is 1.01. The second-order valence-electron chi connectivity index (χ2n) is 7.74. The van der Waals surface area contributed by atoms with E-state index >= 15 is 0 Å². The standard InChI is InChI=1S/C20H26ClN7O/c21-15-3-1-14(2-4-15)11-17-13-29-18(5-8-22)12-28(17)16-6-9-27(10-7-16)20-24-19(23)25-26-20/h1-4,16-18H,5-7,9-13H2,(H3,23,24,25,26)/t17-,18-/m0/s1. The first-order valence-corrected chi connectivity index (χ1v) is 10.4. The van der Waals surface area contributed by atoms with Crippen LogP contribution < -0.4 is 10.6 Å². The molecule has 2 fully saturated rings. The van der Waals surface area contributed by atoms with Crippen molar-refractivity contribution in [3.05, 3.63) is 34.9 Å². The topological polar surface area (TPSA) is 107 Å². The molecule has 3 N–H and O–H groups in total. The van der Waals surface area contributed by atoms with E-state index in [-0.39, 0.29) is 6.10 Å². The van der Waals surface area contributed by atoms with Crippen molar-refractivity contribution in [1.82, 2.24) is 20.1 Å². The maximum atomic E-state index is 9.11. The zero-order valence-corrected chi connectivity index (χ0v) is 17.1. The van der Waals surface area contributed by atoms with Crippen LogP contribution in [0.3, 0.4) is 0 Å². The summed E-state index contributed by atoms with van der Waals surface area (Å²) in [7, 11) is 0. The van der Waals surface area contributed by atoms with Crippen LogP contribution in [0.25, 0.3) is 0 Å². The van der Waals surface area contributed by atoms with E-state index in [9.17, 15) is 0 Å². The van der Waals surface area contributed by atoms with Gasteiger partial charge in [-0.25, -0.2) is 5.10 Å². The molecule has 29 heavy (non-hydrogen) atoms. The van der Waals surface area contributed by atoms with Crippen molar-refractivity contribution < 1.29 is 4.74 Å². The molecule has 0 amide bonds. The predicted octanol–water partition coefficient (Wildman–Crippen LogP) is 2.23. The Kier molecular flexibility index (Phi) is 6.19. The quantitative estimate of drug-likeness (QED) is 0.770. The van der Waals surface area contributed by atoms with Crippen LogP contribution in [0.1, 0.15) is 24.8 Å². The van der Waals surface area contributed by atoms with Gasteiger partial charge in [-0.15, -0.1) is 5.10 Å². The summed E-state index contributed by atoms with van der Waals surface area (Å²) < 4.78 is 6.00. The lowest BCUT2D eigenvalue weighted by Gasteiger charge is -2.46. The number of hydrogen-bond donors (Lipinski definition) is 2. The van der Waals surface area contributed by atoms with Crippen LogP contribution in [-0.2, 0) is 11.2 Å². The van der Waals surface area contributed by atoms with E-state index in [1.165, 1.54) is 5.56 Å². The number of ether oxygens (including phenoxy) is 1. The Bertz CT molecular complexity index is 841. The number of nitriles is 1. The zero-order chi connectivity index (χ0) is 20.2. The molecule has 2 aliphatic heterocycles. The summed E-state index contributed by atoms with van der Waals surface area (Å²) in [5, 5.41) is 16.7. The zero-order valence-electron chi connectivity index (χ0n) is 16.3. The summed E-state index contributed by atoms with van der Waals surface area (Å²) in [4.78, 5) is 8.97. The monoisotopic (exact) mass is 415 g/mol. The molecule has 2 aromatic rings. The van der Waals surface area contributed by atoms with E-state index in [4.69, 9.17) is 27.3 Å². The number of aromatic amines is 1. The van der Waals surface area contributed by atoms with Gasteiger partial charge in [0.05, 0.1) is 25.2 Å². The fraction of sp³-hybridized carbons (Fsp3) is 0.550. The van der Waals surface area contributed by atoms with Crippen molar-refractivity contribution in [3.63, 3.8) is 0 Å². The predicted molar refractivity (Wildman–Crippen MR) is 112 cm³/mol. The van der Waals surface area contributed by atoms with E-state index in [0.29, 0.717) is 37.0 Å². The number of nitrogens with two attached hydrogens (primary N) is 1. The summed E-state index contributed by atoms with van der Waals surface area (Å²) in [5.41, 5.74) is 6.91. The van der Waals surface area contributed by atoms with Gasteiger partial charge >= 0.3 is 0 Å². The Labute approximate surface area is 175 Å². The number of H-pyrrole nitrogens is 1. The van der Waals surface area contributed by atoms with E-state index in [0.717, 1.165) is 43.9 Å². The number of benzene rings is 1. The van der Waals surface area contributed by atoms with Crippen molar-refractivity contribution in [3.8, 4) is 6.07 Å². The number of nitrogens with one attached hydrogen (secondary N) is 1. The molecular weight excluding hydrogens is 390 g/mol. The largest absolute Gasteiger partial charge is 0.374 e. The summed E-state index contributed by atoms with van der Waals surface area (Å²) in [6.07, 6.45) is 3.36. The van der Waals surface area contributed by atoms with Crippen molar-refractivity contribution in [1.29, 1.82) is 5.26 Å². The van der Waals surface area contributed by atoms with E-state index in [1.54, 1.807) is 0 Å². The molecule has 0 bridgehead atoms. The summed E-state index contributed by atoms with van der Waals surface area (Å²) >= 11 is 6.03. The number of hydrogen-bond acceptors (Lipinski definition) is 7.